The zero-order valence-electron chi connectivity index (χ0n) is 13.6. The highest BCUT2D eigenvalue weighted by atomic mass is 32.2. The molecule has 134 valence electrons. The molecule has 0 aliphatic rings. The van der Waals surface area contributed by atoms with Gasteiger partial charge < -0.3 is 5.21 Å². The van der Waals surface area contributed by atoms with Gasteiger partial charge in [-0.2, -0.15) is 18.3 Å². The highest BCUT2D eigenvalue weighted by Gasteiger charge is 2.30. The maximum Gasteiger partial charge on any atom is 0.416 e. The van der Waals surface area contributed by atoms with Crippen LogP contribution in [0.15, 0.2) is 69.7 Å². The van der Waals surface area contributed by atoms with Crippen LogP contribution in [0.3, 0.4) is 0 Å². The van der Waals surface area contributed by atoms with Crippen molar-refractivity contribution in [1.82, 2.24) is 9.78 Å². The summed E-state index contributed by atoms with van der Waals surface area (Å²) in [6.07, 6.45) is -3.17. The van der Waals surface area contributed by atoms with Crippen LogP contribution in [0, 0.1) is 0 Å². The first-order valence-electron chi connectivity index (χ1n) is 7.55. The van der Waals surface area contributed by atoms with E-state index in [9.17, 15) is 13.2 Å². The largest absolute Gasteiger partial charge is 0.416 e. The second kappa shape index (κ2) is 7.25. The first kappa shape index (κ1) is 18.1. The molecule has 4 nitrogen and oxygen atoms in total. The Morgan fingerprint density at radius 1 is 1.12 bits per heavy atom. The molecule has 0 saturated heterocycles. The first-order chi connectivity index (χ1) is 12.4. The van der Waals surface area contributed by atoms with E-state index in [1.54, 1.807) is 17.8 Å². The number of aryl methyl sites for hydroxylation is 1. The molecule has 0 aliphatic heterocycles. The van der Waals surface area contributed by atoms with Gasteiger partial charge in [-0.15, -0.1) is 0 Å². The fraction of sp³-hybridized carbons (Fsp3) is 0.111. The molecular formula is C18H14F3N3OS. The Morgan fingerprint density at radius 2 is 1.85 bits per heavy atom. The van der Waals surface area contributed by atoms with Gasteiger partial charge in [0.1, 0.15) is 10.7 Å². The monoisotopic (exact) mass is 377 g/mol. The van der Waals surface area contributed by atoms with Gasteiger partial charge in [-0.05, 0) is 18.2 Å². The van der Waals surface area contributed by atoms with E-state index in [1.807, 2.05) is 30.3 Å². The SMILES string of the molecule is Cn1nc(-c2ccccc2)c(/C=N/O)c1Sc1cccc(C(F)(F)F)c1. The van der Waals surface area contributed by atoms with E-state index in [1.165, 1.54) is 12.3 Å². The molecule has 0 atom stereocenters. The van der Waals surface area contributed by atoms with Crippen LogP contribution < -0.4 is 0 Å². The van der Waals surface area contributed by atoms with Crippen LogP contribution >= 0.6 is 11.8 Å². The van der Waals surface area contributed by atoms with Crippen LogP contribution in [0.2, 0.25) is 0 Å². The van der Waals surface area contributed by atoms with Crippen LogP contribution in [0.4, 0.5) is 13.2 Å². The van der Waals surface area contributed by atoms with Crippen LogP contribution in [0.1, 0.15) is 11.1 Å². The fourth-order valence-corrected chi connectivity index (χ4v) is 3.46. The van der Waals surface area contributed by atoms with Gasteiger partial charge in [-0.25, -0.2) is 0 Å². The summed E-state index contributed by atoms with van der Waals surface area (Å²) in [4.78, 5) is 0.412. The number of rotatable bonds is 4. The Kier molecular flexibility index (Phi) is 5.03. The molecule has 0 spiro atoms. The van der Waals surface area contributed by atoms with Crippen LogP contribution in [-0.2, 0) is 13.2 Å². The summed E-state index contributed by atoms with van der Waals surface area (Å²) in [7, 11) is 1.69. The second-order valence-corrected chi connectivity index (χ2v) is 6.49. The topological polar surface area (TPSA) is 50.4 Å². The van der Waals surface area contributed by atoms with Gasteiger partial charge in [-0.3, -0.25) is 4.68 Å². The maximum atomic E-state index is 12.9. The minimum Gasteiger partial charge on any atom is -0.411 e. The van der Waals surface area contributed by atoms with Gasteiger partial charge in [-0.1, -0.05) is 53.3 Å². The molecule has 1 heterocycles. The van der Waals surface area contributed by atoms with E-state index in [-0.39, 0.29) is 0 Å². The van der Waals surface area contributed by atoms with Gasteiger partial charge in [0, 0.05) is 17.5 Å². The quantitative estimate of drug-likeness (QED) is 0.393. The maximum absolute atomic E-state index is 12.9. The van der Waals surface area contributed by atoms with Crippen molar-refractivity contribution in [1.29, 1.82) is 0 Å². The number of halogens is 3. The highest BCUT2D eigenvalue weighted by Crippen LogP contribution is 2.37. The standard InChI is InChI=1S/C18H14F3N3OS/c1-24-17(26-14-9-5-8-13(10-14)18(19,20)21)15(11-22-25)16(23-24)12-6-3-2-4-7-12/h2-11,25H,1H3/b22-11+. The number of hydrogen-bond donors (Lipinski definition) is 1. The van der Waals surface area contributed by atoms with Gasteiger partial charge in [0.15, 0.2) is 0 Å². The van der Waals surface area contributed by atoms with Crippen molar-refractivity contribution in [3.05, 3.63) is 65.7 Å². The minimum atomic E-state index is -4.41. The third kappa shape index (κ3) is 3.75. The van der Waals surface area contributed by atoms with E-state index >= 15 is 0 Å². The van der Waals surface area contributed by atoms with E-state index < -0.39 is 11.7 Å². The van der Waals surface area contributed by atoms with Crippen molar-refractivity contribution >= 4 is 18.0 Å². The van der Waals surface area contributed by atoms with Crippen LogP contribution in [-0.4, -0.2) is 21.2 Å². The van der Waals surface area contributed by atoms with Gasteiger partial charge in [0.2, 0.25) is 0 Å². The molecule has 0 aliphatic carbocycles. The Bertz CT molecular complexity index is 937. The molecule has 2 aromatic carbocycles. The average Bonchev–Trinajstić information content (AvgIpc) is 2.92. The molecule has 0 saturated carbocycles. The minimum absolute atomic E-state index is 0.412. The molecule has 1 N–H and O–H groups in total. The van der Waals surface area contributed by atoms with Crippen molar-refractivity contribution in [3.63, 3.8) is 0 Å². The molecule has 0 bridgehead atoms. The molecule has 0 radical (unpaired) electrons. The molecule has 26 heavy (non-hydrogen) atoms. The van der Waals surface area contributed by atoms with E-state index in [4.69, 9.17) is 5.21 Å². The highest BCUT2D eigenvalue weighted by molar-refractivity contribution is 7.99. The lowest BCUT2D eigenvalue weighted by Crippen LogP contribution is -2.04. The number of oxime groups is 1. The number of hydrogen-bond acceptors (Lipinski definition) is 4. The van der Waals surface area contributed by atoms with Gasteiger partial charge in [0.25, 0.3) is 0 Å². The average molecular weight is 377 g/mol. The lowest BCUT2D eigenvalue weighted by Gasteiger charge is -2.09. The lowest BCUT2D eigenvalue weighted by molar-refractivity contribution is -0.137. The fourth-order valence-electron chi connectivity index (χ4n) is 2.48. The van der Waals surface area contributed by atoms with Crippen LogP contribution in [0.5, 0.6) is 0 Å². The van der Waals surface area contributed by atoms with Crippen molar-refractivity contribution in [2.24, 2.45) is 12.2 Å². The molecular weight excluding hydrogens is 363 g/mol. The lowest BCUT2D eigenvalue weighted by atomic mass is 10.1. The third-order valence-corrected chi connectivity index (χ3v) is 4.81. The van der Waals surface area contributed by atoms with Crippen molar-refractivity contribution in [3.8, 4) is 11.3 Å². The van der Waals surface area contributed by atoms with E-state index in [0.29, 0.717) is 21.2 Å². The Hall–Kier alpha value is -2.74. The molecule has 0 unspecified atom stereocenters. The molecule has 3 aromatic rings. The second-order valence-electron chi connectivity index (χ2n) is 5.43. The summed E-state index contributed by atoms with van der Waals surface area (Å²) in [5.41, 5.74) is 1.21. The molecule has 8 heteroatoms. The molecule has 0 fully saturated rings. The number of benzene rings is 2. The molecule has 1 aromatic heterocycles. The summed E-state index contributed by atoms with van der Waals surface area (Å²) in [5.74, 6) is 0. The van der Waals surface area contributed by atoms with Crippen LogP contribution in [0.25, 0.3) is 11.3 Å². The number of aromatic nitrogens is 2. The Balaban J connectivity index is 2.05. The zero-order valence-corrected chi connectivity index (χ0v) is 14.4. The summed E-state index contributed by atoms with van der Waals surface area (Å²) < 4.78 is 40.4. The van der Waals surface area contributed by atoms with E-state index in [2.05, 4.69) is 10.3 Å². The first-order valence-corrected chi connectivity index (χ1v) is 8.37. The van der Waals surface area contributed by atoms with Crippen molar-refractivity contribution in [2.45, 2.75) is 16.1 Å². The zero-order chi connectivity index (χ0) is 18.7. The predicted molar refractivity (Wildman–Crippen MR) is 93.6 cm³/mol. The summed E-state index contributed by atoms with van der Waals surface area (Å²) in [6.45, 7) is 0. The van der Waals surface area contributed by atoms with Gasteiger partial charge in [0.05, 0.1) is 17.3 Å². The summed E-state index contributed by atoms with van der Waals surface area (Å²) in [6, 6.07) is 14.3. The van der Waals surface area contributed by atoms with E-state index in [0.717, 1.165) is 29.5 Å². The number of nitrogens with zero attached hydrogens (tertiary/aromatic N) is 3. The van der Waals surface area contributed by atoms with Crippen molar-refractivity contribution in [2.75, 3.05) is 0 Å². The molecule has 3 rings (SSSR count). The Labute approximate surface area is 152 Å². The normalized spacial score (nSPS) is 12.0. The van der Waals surface area contributed by atoms with Gasteiger partial charge >= 0.3 is 6.18 Å². The summed E-state index contributed by atoms with van der Waals surface area (Å²) in [5, 5.41) is 17.1. The summed E-state index contributed by atoms with van der Waals surface area (Å²) >= 11 is 1.12. The number of alkyl halides is 3. The Morgan fingerprint density at radius 3 is 2.50 bits per heavy atom. The molecule has 0 amide bonds. The van der Waals surface area contributed by atoms with Crippen molar-refractivity contribution < 1.29 is 18.4 Å². The smallest absolute Gasteiger partial charge is 0.411 e. The predicted octanol–water partition coefficient (Wildman–Crippen LogP) is 5.07. The third-order valence-electron chi connectivity index (χ3n) is 3.64.